The number of aliphatic carboxylic acids is 1. The number of fused-ring (bicyclic) bond motifs is 2. The molecular formula is C14H15BrO2. The number of carbonyl (C=O) groups is 1. The fraction of sp³-hybridized carbons (Fsp3) is 0.500. The van der Waals surface area contributed by atoms with Gasteiger partial charge < -0.3 is 5.11 Å². The molecule has 0 amide bonds. The van der Waals surface area contributed by atoms with Crippen LogP contribution in [0.5, 0.6) is 0 Å². The van der Waals surface area contributed by atoms with Crippen LogP contribution in [0.3, 0.4) is 0 Å². The van der Waals surface area contributed by atoms with Gasteiger partial charge >= 0.3 is 5.97 Å². The second-order valence-electron chi connectivity index (χ2n) is 5.29. The lowest BCUT2D eigenvalue weighted by atomic mass is 9.71. The molecule has 1 aromatic carbocycles. The van der Waals surface area contributed by atoms with Crippen LogP contribution in [0, 0.1) is 5.92 Å². The molecule has 1 atom stereocenters. The quantitative estimate of drug-likeness (QED) is 0.906. The molecule has 17 heavy (non-hydrogen) atoms. The Morgan fingerprint density at radius 2 is 2.24 bits per heavy atom. The Labute approximate surface area is 109 Å². The molecule has 2 aliphatic rings. The Hall–Kier alpha value is -0.830. The number of carboxylic acid groups (broad SMARTS) is 1. The van der Waals surface area contributed by atoms with Crippen molar-refractivity contribution >= 4 is 21.9 Å². The maximum atomic E-state index is 11.0. The van der Waals surface area contributed by atoms with Crippen molar-refractivity contribution in [3.8, 4) is 0 Å². The molecule has 0 saturated heterocycles. The van der Waals surface area contributed by atoms with Gasteiger partial charge in [0.2, 0.25) is 0 Å². The topological polar surface area (TPSA) is 37.3 Å². The summed E-state index contributed by atoms with van der Waals surface area (Å²) < 4.78 is 1.11. The van der Waals surface area contributed by atoms with Crippen LogP contribution < -0.4 is 0 Å². The Kier molecular flexibility index (Phi) is 2.54. The summed E-state index contributed by atoms with van der Waals surface area (Å²) in [7, 11) is 0. The van der Waals surface area contributed by atoms with Gasteiger partial charge in [0, 0.05) is 10.9 Å². The third-order valence-corrected chi connectivity index (χ3v) is 4.85. The van der Waals surface area contributed by atoms with E-state index in [4.69, 9.17) is 5.11 Å². The van der Waals surface area contributed by atoms with Gasteiger partial charge in [-0.25, -0.2) is 0 Å². The Bertz CT molecular complexity index is 477. The summed E-state index contributed by atoms with van der Waals surface area (Å²) in [4.78, 5) is 11.0. The van der Waals surface area contributed by atoms with Gasteiger partial charge in [0.25, 0.3) is 0 Å². The normalized spacial score (nSPS) is 24.4. The number of carboxylic acids is 1. The molecule has 1 aromatic rings. The smallest absolute Gasteiger partial charge is 0.303 e. The van der Waals surface area contributed by atoms with Gasteiger partial charge in [-0.05, 0) is 60.3 Å². The maximum absolute atomic E-state index is 11.0. The van der Waals surface area contributed by atoms with Crippen molar-refractivity contribution in [3.63, 3.8) is 0 Å². The first kappa shape index (κ1) is 11.3. The molecule has 1 unspecified atom stereocenters. The molecule has 0 heterocycles. The fourth-order valence-corrected chi connectivity index (χ4v) is 3.74. The van der Waals surface area contributed by atoms with Gasteiger partial charge in [-0.15, -0.1) is 0 Å². The summed E-state index contributed by atoms with van der Waals surface area (Å²) in [6, 6.07) is 6.49. The average Bonchev–Trinajstić information content (AvgIpc) is 3.04. The van der Waals surface area contributed by atoms with Crippen molar-refractivity contribution in [1.29, 1.82) is 0 Å². The van der Waals surface area contributed by atoms with Gasteiger partial charge in [-0.1, -0.05) is 22.0 Å². The van der Waals surface area contributed by atoms with E-state index in [0.29, 0.717) is 12.3 Å². The summed E-state index contributed by atoms with van der Waals surface area (Å²) in [5.74, 6) is -0.318. The van der Waals surface area contributed by atoms with Crippen LogP contribution in [-0.4, -0.2) is 11.1 Å². The molecule has 2 nitrogen and oxygen atoms in total. The molecule has 1 saturated carbocycles. The minimum atomic E-state index is -0.653. The molecule has 1 N–H and O–H groups in total. The lowest BCUT2D eigenvalue weighted by molar-refractivity contribution is -0.138. The molecule has 0 radical (unpaired) electrons. The summed E-state index contributed by atoms with van der Waals surface area (Å²) in [5, 5.41) is 9.02. The zero-order valence-corrected chi connectivity index (χ0v) is 11.2. The SMILES string of the molecule is O=C(O)CC1CCc2ccc(Br)cc2C12CC2. The monoisotopic (exact) mass is 294 g/mol. The molecule has 1 spiro atoms. The maximum Gasteiger partial charge on any atom is 0.303 e. The highest BCUT2D eigenvalue weighted by molar-refractivity contribution is 9.10. The zero-order valence-electron chi connectivity index (χ0n) is 9.58. The van der Waals surface area contributed by atoms with E-state index in [9.17, 15) is 4.79 Å². The van der Waals surface area contributed by atoms with Crippen LogP contribution in [0.4, 0.5) is 0 Å². The van der Waals surface area contributed by atoms with Crippen LogP contribution in [0.25, 0.3) is 0 Å². The third kappa shape index (κ3) is 1.81. The second kappa shape index (κ2) is 3.84. The summed E-state index contributed by atoms with van der Waals surface area (Å²) >= 11 is 3.52. The predicted octanol–water partition coefficient (Wildman–Crippen LogP) is 3.52. The Morgan fingerprint density at radius 1 is 1.47 bits per heavy atom. The van der Waals surface area contributed by atoms with Gasteiger partial charge in [0.1, 0.15) is 0 Å². The number of rotatable bonds is 2. The number of halogens is 1. The fourth-order valence-electron chi connectivity index (χ4n) is 3.38. The molecule has 90 valence electrons. The van der Waals surface area contributed by atoms with Crippen molar-refractivity contribution in [1.82, 2.24) is 0 Å². The molecule has 2 aliphatic carbocycles. The highest BCUT2D eigenvalue weighted by Gasteiger charge is 2.53. The van der Waals surface area contributed by atoms with Crippen LogP contribution in [0.1, 0.15) is 36.8 Å². The van der Waals surface area contributed by atoms with Crippen molar-refractivity contribution < 1.29 is 9.90 Å². The Morgan fingerprint density at radius 3 is 2.88 bits per heavy atom. The largest absolute Gasteiger partial charge is 0.481 e. The van der Waals surface area contributed by atoms with E-state index >= 15 is 0 Å². The minimum absolute atomic E-state index is 0.190. The molecule has 1 fully saturated rings. The van der Waals surface area contributed by atoms with Crippen LogP contribution in [0.2, 0.25) is 0 Å². The minimum Gasteiger partial charge on any atom is -0.481 e. The number of aryl methyl sites for hydroxylation is 1. The van der Waals surface area contributed by atoms with Crippen LogP contribution >= 0.6 is 15.9 Å². The van der Waals surface area contributed by atoms with Crippen LogP contribution in [-0.2, 0) is 16.6 Å². The molecular weight excluding hydrogens is 280 g/mol. The molecule has 0 bridgehead atoms. The van der Waals surface area contributed by atoms with E-state index in [0.717, 1.165) is 30.2 Å². The van der Waals surface area contributed by atoms with E-state index in [1.807, 2.05) is 0 Å². The Balaban J connectivity index is 1.99. The summed E-state index contributed by atoms with van der Waals surface area (Å²) in [5.41, 5.74) is 3.02. The van der Waals surface area contributed by atoms with Crippen LogP contribution in [0.15, 0.2) is 22.7 Å². The zero-order chi connectivity index (χ0) is 12.0. The van der Waals surface area contributed by atoms with Crippen molar-refractivity contribution in [2.24, 2.45) is 5.92 Å². The number of hydrogen-bond donors (Lipinski definition) is 1. The lowest BCUT2D eigenvalue weighted by Gasteiger charge is -2.33. The van der Waals surface area contributed by atoms with Gasteiger partial charge in [-0.2, -0.15) is 0 Å². The highest BCUT2D eigenvalue weighted by atomic mass is 79.9. The summed E-state index contributed by atoms with van der Waals surface area (Å²) in [6.07, 6.45) is 4.71. The van der Waals surface area contributed by atoms with Gasteiger partial charge in [-0.3, -0.25) is 4.79 Å². The highest BCUT2D eigenvalue weighted by Crippen LogP contribution is 2.59. The van der Waals surface area contributed by atoms with E-state index in [2.05, 4.69) is 34.1 Å². The van der Waals surface area contributed by atoms with E-state index in [-0.39, 0.29) is 5.41 Å². The first-order valence-electron chi connectivity index (χ1n) is 6.12. The lowest BCUT2D eigenvalue weighted by Crippen LogP contribution is -2.29. The van der Waals surface area contributed by atoms with Gasteiger partial charge in [0.05, 0.1) is 0 Å². The van der Waals surface area contributed by atoms with E-state index in [1.54, 1.807) is 0 Å². The van der Waals surface area contributed by atoms with E-state index < -0.39 is 5.97 Å². The third-order valence-electron chi connectivity index (χ3n) is 4.36. The first-order chi connectivity index (χ1) is 8.12. The molecule has 3 rings (SSSR count). The molecule has 0 aliphatic heterocycles. The van der Waals surface area contributed by atoms with Crippen molar-refractivity contribution in [2.75, 3.05) is 0 Å². The van der Waals surface area contributed by atoms with Crippen molar-refractivity contribution in [3.05, 3.63) is 33.8 Å². The number of hydrogen-bond acceptors (Lipinski definition) is 1. The predicted molar refractivity (Wildman–Crippen MR) is 69.1 cm³/mol. The van der Waals surface area contributed by atoms with E-state index in [1.165, 1.54) is 11.1 Å². The number of benzene rings is 1. The average molecular weight is 295 g/mol. The first-order valence-corrected chi connectivity index (χ1v) is 6.92. The molecule has 0 aromatic heterocycles. The second-order valence-corrected chi connectivity index (χ2v) is 6.21. The molecule has 3 heteroatoms. The standard InChI is InChI=1S/C14H15BrO2/c15-11-4-2-9-1-3-10(7-13(16)17)14(5-6-14)12(9)8-11/h2,4,8,10H,1,3,5-7H2,(H,16,17). The van der Waals surface area contributed by atoms with Crippen molar-refractivity contribution in [2.45, 2.75) is 37.5 Å². The van der Waals surface area contributed by atoms with Gasteiger partial charge in [0.15, 0.2) is 0 Å². The summed E-state index contributed by atoms with van der Waals surface area (Å²) in [6.45, 7) is 0.